The Bertz CT molecular complexity index is 586. The quantitative estimate of drug-likeness (QED) is 0.851. The van der Waals surface area contributed by atoms with E-state index in [9.17, 15) is 0 Å². The van der Waals surface area contributed by atoms with Crippen molar-refractivity contribution in [2.75, 3.05) is 25.4 Å². The number of pyridine rings is 1. The van der Waals surface area contributed by atoms with Crippen molar-refractivity contribution in [2.24, 2.45) is 0 Å². The minimum atomic E-state index is 0.319. The molecule has 21 heavy (non-hydrogen) atoms. The molecule has 0 radical (unpaired) electrons. The second-order valence-corrected chi connectivity index (χ2v) is 5.66. The van der Waals surface area contributed by atoms with Crippen molar-refractivity contribution in [1.29, 1.82) is 0 Å². The van der Waals surface area contributed by atoms with Gasteiger partial charge in [-0.2, -0.15) is 0 Å². The molecule has 2 rings (SSSR count). The third-order valence-corrected chi connectivity index (χ3v) is 4.24. The van der Waals surface area contributed by atoms with Gasteiger partial charge in [0.25, 0.3) is 0 Å². The molecule has 0 saturated carbocycles. The maximum absolute atomic E-state index is 6.11. The van der Waals surface area contributed by atoms with E-state index in [4.69, 9.17) is 5.73 Å². The van der Waals surface area contributed by atoms with Crippen LogP contribution in [0.1, 0.15) is 45.2 Å². The SMILES string of the molecule is CCN(CC)CCCC(C)n1c(N)nc2c(C)ccnc21. The Balaban J connectivity index is 2.11. The van der Waals surface area contributed by atoms with Gasteiger partial charge >= 0.3 is 0 Å². The van der Waals surface area contributed by atoms with Crippen LogP contribution in [0, 0.1) is 6.92 Å². The summed E-state index contributed by atoms with van der Waals surface area (Å²) < 4.78 is 2.07. The summed E-state index contributed by atoms with van der Waals surface area (Å²) >= 11 is 0. The van der Waals surface area contributed by atoms with E-state index in [2.05, 4.69) is 40.2 Å². The van der Waals surface area contributed by atoms with Crippen LogP contribution in [0.3, 0.4) is 0 Å². The Morgan fingerprint density at radius 3 is 2.71 bits per heavy atom. The zero-order valence-electron chi connectivity index (χ0n) is 13.6. The topological polar surface area (TPSA) is 60.0 Å². The second-order valence-electron chi connectivity index (χ2n) is 5.66. The molecule has 0 aromatic carbocycles. The molecule has 0 aliphatic heterocycles. The number of nitrogens with two attached hydrogens (primary N) is 1. The molecule has 5 nitrogen and oxygen atoms in total. The first-order valence-electron chi connectivity index (χ1n) is 7.89. The zero-order chi connectivity index (χ0) is 15.4. The Hall–Kier alpha value is -1.62. The summed E-state index contributed by atoms with van der Waals surface area (Å²) in [7, 11) is 0. The average Bonchev–Trinajstić information content (AvgIpc) is 2.81. The number of hydrogen-bond acceptors (Lipinski definition) is 4. The van der Waals surface area contributed by atoms with Gasteiger partial charge in [0.1, 0.15) is 5.52 Å². The molecule has 0 aliphatic rings. The van der Waals surface area contributed by atoms with E-state index >= 15 is 0 Å². The first-order valence-corrected chi connectivity index (χ1v) is 7.89. The molecular formula is C16H27N5. The van der Waals surface area contributed by atoms with E-state index in [0.29, 0.717) is 12.0 Å². The van der Waals surface area contributed by atoms with Gasteiger partial charge in [0.15, 0.2) is 5.65 Å². The number of imidazole rings is 1. The van der Waals surface area contributed by atoms with E-state index in [1.165, 1.54) is 0 Å². The summed E-state index contributed by atoms with van der Waals surface area (Å²) in [6, 6.07) is 2.30. The molecule has 0 spiro atoms. The number of rotatable bonds is 7. The van der Waals surface area contributed by atoms with Crippen LogP contribution >= 0.6 is 0 Å². The molecule has 1 unspecified atom stereocenters. The fraction of sp³-hybridized carbons (Fsp3) is 0.625. The normalized spacial score (nSPS) is 13.2. The monoisotopic (exact) mass is 289 g/mol. The van der Waals surface area contributed by atoms with Crippen LogP contribution in [0.2, 0.25) is 0 Å². The molecule has 0 aliphatic carbocycles. The van der Waals surface area contributed by atoms with Crippen LogP contribution < -0.4 is 5.73 Å². The first-order chi connectivity index (χ1) is 10.1. The van der Waals surface area contributed by atoms with E-state index < -0.39 is 0 Å². The fourth-order valence-electron chi connectivity index (χ4n) is 2.84. The Kier molecular flexibility index (Phi) is 5.17. The molecule has 1 atom stereocenters. The molecule has 2 N–H and O–H groups in total. The van der Waals surface area contributed by atoms with Gasteiger partial charge in [0, 0.05) is 12.2 Å². The molecule has 0 fully saturated rings. The molecular weight excluding hydrogens is 262 g/mol. The standard InChI is InChI=1S/C16H27N5/c1-5-20(6-2)11-7-8-13(4)21-15-14(19-16(21)17)12(3)9-10-18-15/h9-10,13H,5-8,11H2,1-4H3,(H2,17,19). The zero-order valence-corrected chi connectivity index (χ0v) is 13.6. The predicted octanol–water partition coefficient (Wildman–Crippen LogP) is 3.00. The maximum Gasteiger partial charge on any atom is 0.202 e. The number of hydrogen-bond donors (Lipinski definition) is 1. The number of anilines is 1. The molecule has 0 bridgehead atoms. The van der Waals surface area contributed by atoms with E-state index in [0.717, 1.165) is 49.2 Å². The van der Waals surface area contributed by atoms with Crippen molar-refractivity contribution in [3.05, 3.63) is 17.8 Å². The molecule has 0 amide bonds. The van der Waals surface area contributed by atoms with Crippen molar-refractivity contribution < 1.29 is 0 Å². The van der Waals surface area contributed by atoms with E-state index in [1.54, 1.807) is 0 Å². The average molecular weight is 289 g/mol. The highest BCUT2D eigenvalue weighted by atomic mass is 15.2. The molecule has 116 valence electrons. The molecule has 2 aromatic heterocycles. The van der Waals surface area contributed by atoms with Gasteiger partial charge in [-0.05, 0) is 58.0 Å². The summed E-state index contributed by atoms with van der Waals surface area (Å²) in [4.78, 5) is 11.4. The minimum Gasteiger partial charge on any atom is -0.369 e. The number of nitrogen functional groups attached to an aromatic ring is 1. The van der Waals surface area contributed by atoms with Gasteiger partial charge in [-0.15, -0.1) is 0 Å². The van der Waals surface area contributed by atoms with Gasteiger partial charge in [0.05, 0.1) is 0 Å². The van der Waals surface area contributed by atoms with E-state index in [1.807, 2.05) is 19.2 Å². The fourth-order valence-corrected chi connectivity index (χ4v) is 2.84. The Labute approximate surface area is 127 Å². The van der Waals surface area contributed by atoms with E-state index in [-0.39, 0.29) is 0 Å². The van der Waals surface area contributed by atoms with Crippen molar-refractivity contribution in [1.82, 2.24) is 19.4 Å². The highest BCUT2D eigenvalue weighted by Crippen LogP contribution is 2.25. The van der Waals surface area contributed by atoms with Crippen molar-refractivity contribution >= 4 is 17.1 Å². The summed E-state index contributed by atoms with van der Waals surface area (Å²) in [5.74, 6) is 0.571. The van der Waals surface area contributed by atoms with Gasteiger partial charge in [-0.3, -0.25) is 4.57 Å². The largest absolute Gasteiger partial charge is 0.369 e. The van der Waals surface area contributed by atoms with Crippen molar-refractivity contribution in [3.63, 3.8) is 0 Å². The maximum atomic E-state index is 6.11. The van der Waals surface area contributed by atoms with Crippen LogP contribution in [-0.2, 0) is 0 Å². The minimum absolute atomic E-state index is 0.319. The second kappa shape index (κ2) is 6.89. The Morgan fingerprint density at radius 1 is 1.33 bits per heavy atom. The Morgan fingerprint density at radius 2 is 2.05 bits per heavy atom. The lowest BCUT2D eigenvalue weighted by Gasteiger charge is -2.20. The smallest absolute Gasteiger partial charge is 0.202 e. The van der Waals surface area contributed by atoms with Crippen LogP contribution in [-0.4, -0.2) is 39.1 Å². The van der Waals surface area contributed by atoms with Gasteiger partial charge in [-0.25, -0.2) is 9.97 Å². The first kappa shape index (κ1) is 15.8. The molecule has 5 heteroatoms. The molecule has 0 saturated heterocycles. The highest BCUT2D eigenvalue weighted by molar-refractivity contribution is 5.77. The lowest BCUT2D eigenvalue weighted by molar-refractivity contribution is 0.289. The van der Waals surface area contributed by atoms with Gasteiger partial charge in [0.2, 0.25) is 5.95 Å². The summed E-state index contributed by atoms with van der Waals surface area (Å²) in [6.07, 6.45) is 4.08. The molecule has 2 aromatic rings. The third kappa shape index (κ3) is 3.35. The summed E-state index contributed by atoms with van der Waals surface area (Å²) in [5, 5.41) is 0. The van der Waals surface area contributed by atoms with Crippen molar-refractivity contribution in [2.45, 2.75) is 46.6 Å². The molecule has 2 heterocycles. The van der Waals surface area contributed by atoms with Gasteiger partial charge < -0.3 is 10.6 Å². The van der Waals surface area contributed by atoms with Gasteiger partial charge in [-0.1, -0.05) is 13.8 Å². The third-order valence-electron chi connectivity index (χ3n) is 4.24. The highest BCUT2D eigenvalue weighted by Gasteiger charge is 2.16. The predicted molar refractivity (Wildman–Crippen MR) is 88.4 cm³/mol. The number of aryl methyl sites for hydroxylation is 1. The summed E-state index contributed by atoms with van der Waals surface area (Å²) in [6.45, 7) is 12.0. The number of aromatic nitrogens is 3. The number of nitrogens with zero attached hydrogens (tertiary/aromatic N) is 4. The van der Waals surface area contributed by atoms with Crippen LogP contribution in [0.15, 0.2) is 12.3 Å². The van der Waals surface area contributed by atoms with Crippen molar-refractivity contribution in [3.8, 4) is 0 Å². The lowest BCUT2D eigenvalue weighted by atomic mass is 10.1. The van der Waals surface area contributed by atoms with Crippen LogP contribution in [0.25, 0.3) is 11.2 Å². The van der Waals surface area contributed by atoms with Crippen LogP contribution in [0.4, 0.5) is 5.95 Å². The lowest BCUT2D eigenvalue weighted by Crippen LogP contribution is -2.24. The number of fused-ring (bicyclic) bond motifs is 1. The van der Waals surface area contributed by atoms with Crippen LogP contribution in [0.5, 0.6) is 0 Å². The summed E-state index contributed by atoms with van der Waals surface area (Å²) in [5.41, 5.74) is 9.06.